The van der Waals surface area contributed by atoms with Crippen LogP contribution in [0, 0.1) is 5.92 Å². The van der Waals surface area contributed by atoms with Crippen molar-refractivity contribution in [3.8, 4) is 0 Å². The van der Waals surface area contributed by atoms with Crippen LogP contribution in [0.5, 0.6) is 0 Å². The van der Waals surface area contributed by atoms with Crippen LogP contribution in [-0.4, -0.2) is 21.9 Å². The zero-order valence-electron chi connectivity index (χ0n) is 9.10. The van der Waals surface area contributed by atoms with Crippen molar-refractivity contribution in [2.45, 2.75) is 18.9 Å². The lowest BCUT2D eigenvalue weighted by Gasteiger charge is -2.16. The van der Waals surface area contributed by atoms with E-state index in [4.69, 9.17) is 18.0 Å². The Kier molecular flexibility index (Phi) is 3.23. The molecule has 1 heterocycles. The van der Waals surface area contributed by atoms with Crippen LogP contribution >= 0.6 is 12.2 Å². The Morgan fingerprint density at radius 3 is 2.82 bits per heavy atom. The van der Waals surface area contributed by atoms with Gasteiger partial charge in [-0.15, -0.1) is 0 Å². The van der Waals surface area contributed by atoms with Gasteiger partial charge in [-0.3, -0.25) is 9.59 Å². The first-order chi connectivity index (χ1) is 8.09. The van der Waals surface area contributed by atoms with Gasteiger partial charge >= 0.3 is 0 Å². The molecular formula is C11H13N3O2S. The summed E-state index contributed by atoms with van der Waals surface area (Å²) < 4.78 is 0. The van der Waals surface area contributed by atoms with Crippen LogP contribution in [0.15, 0.2) is 23.3 Å². The van der Waals surface area contributed by atoms with Gasteiger partial charge in [-0.2, -0.15) is 0 Å². The van der Waals surface area contributed by atoms with Crippen LogP contribution in [0.25, 0.3) is 0 Å². The topological polar surface area (TPSA) is 88.0 Å². The lowest BCUT2D eigenvalue weighted by atomic mass is 10.1. The molecule has 1 unspecified atom stereocenters. The Morgan fingerprint density at radius 2 is 2.29 bits per heavy atom. The molecule has 0 aromatic carbocycles. The second-order valence-electron chi connectivity index (χ2n) is 4.11. The summed E-state index contributed by atoms with van der Waals surface area (Å²) in [6.45, 7) is 0. The van der Waals surface area contributed by atoms with E-state index in [9.17, 15) is 9.59 Å². The van der Waals surface area contributed by atoms with Gasteiger partial charge in [0.2, 0.25) is 0 Å². The van der Waals surface area contributed by atoms with Crippen LogP contribution in [0.3, 0.4) is 0 Å². The average molecular weight is 251 g/mol. The van der Waals surface area contributed by atoms with E-state index in [0.717, 1.165) is 12.8 Å². The normalized spacial score (nSPS) is 16.2. The number of aromatic amines is 1. The Bertz CT molecular complexity index is 507. The monoisotopic (exact) mass is 251 g/mol. The number of thiocarbonyl (C=S) groups is 1. The first kappa shape index (κ1) is 11.8. The van der Waals surface area contributed by atoms with Crippen LogP contribution in [0.2, 0.25) is 0 Å². The molecule has 2 rings (SSSR count). The molecular weight excluding hydrogens is 238 g/mol. The Labute approximate surface area is 103 Å². The number of aromatic nitrogens is 1. The maximum absolute atomic E-state index is 11.9. The number of carbonyl (C=O) groups excluding carboxylic acids is 1. The lowest BCUT2D eigenvalue weighted by molar-refractivity contribution is 0.0942. The largest absolute Gasteiger partial charge is 0.392 e. The smallest absolute Gasteiger partial charge is 0.257 e. The molecule has 17 heavy (non-hydrogen) atoms. The molecule has 90 valence electrons. The Morgan fingerprint density at radius 1 is 1.59 bits per heavy atom. The zero-order chi connectivity index (χ0) is 12.4. The molecule has 1 amide bonds. The molecule has 1 atom stereocenters. The number of nitrogens with two attached hydrogens (primary N) is 1. The van der Waals surface area contributed by atoms with Crippen LogP contribution in [0.4, 0.5) is 0 Å². The minimum atomic E-state index is -0.434. The number of carbonyl (C=O) groups is 1. The quantitative estimate of drug-likeness (QED) is 0.666. The van der Waals surface area contributed by atoms with Crippen LogP contribution < -0.4 is 16.5 Å². The second kappa shape index (κ2) is 4.67. The summed E-state index contributed by atoms with van der Waals surface area (Å²) in [5.74, 6) is -0.115. The number of H-pyrrole nitrogens is 1. The summed E-state index contributed by atoms with van der Waals surface area (Å²) in [6, 6.07) is 0.999. The predicted molar refractivity (Wildman–Crippen MR) is 67.8 cm³/mol. The predicted octanol–water partition coefficient (Wildman–Crippen LogP) is 0.169. The SMILES string of the molecule is NC(=S)C(NC(=O)c1c[nH]ccc1=O)C1CC1. The summed E-state index contributed by atoms with van der Waals surface area (Å²) in [7, 11) is 0. The summed E-state index contributed by atoms with van der Waals surface area (Å²) in [5, 5.41) is 2.71. The summed E-state index contributed by atoms with van der Waals surface area (Å²) in [5.41, 5.74) is 5.33. The summed E-state index contributed by atoms with van der Waals surface area (Å²) in [4.78, 5) is 26.3. The van der Waals surface area contributed by atoms with Crippen molar-refractivity contribution in [1.29, 1.82) is 0 Å². The highest BCUT2D eigenvalue weighted by Crippen LogP contribution is 2.32. The third kappa shape index (κ3) is 2.71. The first-order valence-corrected chi connectivity index (χ1v) is 5.77. The van der Waals surface area contributed by atoms with Gasteiger partial charge in [0, 0.05) is 18.5 Å². The van der Waals surface area contributed by atoms with Crippen molar-refractivity contribution in [3.63, 3.8) is 0 Å². The maximum atomic E-state index is 11.9. The fourth-order valence-corrected chi connectivity index (χ4v) is 1.91. The number of nitrogens with one attached hydrogen (secondary N) is 2. The molecule has 6 heteroatoms. The third-order valence-corrected chi connectivity index (χ3v) is 3.01. The zero-order valence-corrected chi connectivity index (χ0v) is 9.92. The van der Waals surface area contributed by atoms with Crippen molar-refractivity contribution in [3.05, 3.63) is 34.2 Å². The molecule has 0 radical (unpaired) electrons. The van der Waals surface area contributed by atoms with Gasteiger partial charge in [0.1, 0.15) is 5.56 Å². The molecule has 0 spiro atoms. The van der Waals surface area contributed by atoms with Gasteiger partial charge in [-0.1, -0.05) is 12.2 Å². The van der Waals surface area contributed by atoms with Gasteiger partial charge in [-0.05, 0) is 18.8 Å². The molecule has 5 nitrogen and oxygen atoms in total. The molecule has 0 aliphatic heterocycles. The van der Waals surface area contributed by atoms with E-state index in [2.05, 4.69) is 10.3 Å². The standard InChI is InChI=1S/C11H13N3O2S/c12-10(17)9(6-1-2-6)14-11(16)7-5-13-4-3-8(7)15/h3-6,9H,1-2H2,(H2,12,17)(H,13,15)(H,14,16). The first-order valence-electron chi connectivity index (χ1n) is 5.37. The minimum absolute atomic E-state index is 0.0781. The molecule has 1 fully saturated rings. The van der Waals surface area contributed by atoms with E-state index in [1.165, 1.54) is 18.5 Å². The van der Waals surface area contributed by atoms with Crippen LogP contribution in [0.1, 0.15) is 23.2 Å². The second-order valence-corrected chi connectivity index (χ2v) is 4.58. The molecule has 1 aromatic heterocycles. The van der Waals surface area contributed by atoms with Gasteiger partial charge in [-0.25, -0.2) is 0 Å². The average Bonchev–Trinajstić information content (AvgIpc) is 3.09. The molecule has 1 aliphatic rings. The lowest BCUT2D eigenvalue weighted by Crippen LogP contribution is -2.46. The minimum Gasteiger partial charge on any atom is -0.392 e. The van der Waals surface area contributed by atoms with E-state index in [-0.39, 0.29) is 22.0 Å². The van der Waals surface area contributed by atoms with Crippen molar-refractivity contribution in [2.75, 3.05) is 0 Å². The van der Waals surface area contributed by atoms with Gasteiger partial charge < -0.3 is 16.0 Å². The maximum Gasteiger partial charge on any atom is 0.257 e. The summed E-state index contributed by atoms with van der Waals surface area (Å²) >= 11 is 4.91. The Balaban J connectivity index is 2.13. The fraction of sp³-hybridized carbons (Fsp3) is 0.364. The number of hydrogen-bond donors (Lipinski definition) is 3. The van der Waals surface area contributed by atoms with E-state index in [1.54, 1.807) is 0 Å². The summed E-state index contributed by atoms with van der Waals surface area (Å²) in [6.07, 6.45) is 4.87. The third-order valence-electron chi connectivity index (χ3n) is 2.76. The van der Waals surface area contributed by atoms with Crippen LogP contribution in [-0.2, 0) is 0 Å². The highest BCUT2D eigenvalue weighted by atomic mass is 32.1. The van der Waals surface area contributed by atoms with E-state index < -0.39 is 5.91 Å². The molecule has 1 saturated carbocycles. The van der Waals surface area contributed by atoms with E-state index in [1.807, 2.05) is 0 Å². The fourth-order valence-electron chi connectivity index (χ4n) is 1.66. The number of rotatable bonds is 4. The molecule has 1 aliphatic carbocycles. The van der Waals surface area contributed by atoms with E-state index >= 15 is 0 Å². The molecule has 0 saturated heterocycles. The van der Waals surface area contributed by atoms with Gasteiger partial charge in [0.05, 0.1) is 11.0 Å². The van der Waals surface area contributed by atoms with Gasteiger partial charge in [0.25, 0.3) is 5.91 Å². The van der Waals surface area contributed by atoms with Crippen molar-refractivity contribution in [1.82, 2.24) is 10.3 Å². The highest BCUT2D eigenvalue weighted by molar-refractivity contribution is 7.80. The number of pyridine rings is 1. The molecule has 0 bridgehead atoms. The molecule has 4 N–H and O–H groups in total. The number of hydrogen-bond acceptors (Lipinski definition) is 3. The van der Waals surface area contributed by atoms with Crippen molar-refractivity contribution in [2.24, 2.45) is 11.7 Å². The Hall–Kier alpha value is -1.69. The number of amides is 1. The molecule has 1 aromatic rings. The van der Waals surface area contributed by atoms with E-state index in [0.29, 0.717) is 5.92 Å². The van der Waals surface area contributed by atoms with Crippen molar-refractivity contribution < 1.29 is 4.79 Å². The van der Waals surface area contributed by atoms with Gasteiger partial charge in [0.15, 0.2) is 5.43 Å². The highest BCUT2D eigenvalue weighted by Gasteiger charge is 2.34. The van der Waals surface area contributed by atoms with Crippen molar-refractivity contribution >= 4 is 23.1 Å².